The molecule has 3 aromatic rings. The van der Waals surface area contributed by atoms with Crippen molar-refractivity contribution in [2.75, 3.05) is 10.6 Å². The first kappa shape index (κ1) is 17.0. The molecular formula is C18H18ClN7S. The van der Waals surface area contributed by atoms with Crippen LogP contribution < -0.4 is 16.4 Å². The SMILES string of the molecule is Nc1nccc(Sc2ccc3nc(N4C5CCC4C(N)C5)cnc3n2)c1Cl. The van der Waals surface area contributed by atoms with E-state index in [9.17, 15) is 0 Å². The third-order valence-corrected chi connectivity index (χ3v) is 6.82. The van der Waals surface area contributed by atoms with Gasteiger partial charge in [0.15, 0.2) is 5.65 Å². The zero-order valence-electron chi connectivity index (χ0n) is 14.4. The molecule has 2 saturated heterocycles. The molecule has 2 aliphatic heterocycles. The van der Waals surface area contributed by atoms with E-state index in [0.717, 1.165) is 34.1 Å². The van der Waals surface area contributed by atoms with Gasteiger partial charge in [-0.2, -0.15) is 0 Å². The average molecular weight is 400 g/mol. The number of fused-ring (bicyclic) bond motifs is 3. The molecule has 0 radical (unpaired) electrons. The molecule has 5 rings (SSSR count). The second kappa shape index (κ2) is 6.47. The Hall–Kier alpha value is -2.16. The molecule has 3 aromatic heterocycles. The number of nitrogen functional groups attached to an aromatic ring is 1. The minimum absolute atomic E-state index is 0.232. The summed E-state index contributed by atoms with van der Waals surface area (Å²) in [4.78, 5) is 21.1. The number of rotatable bonds is 3. The van der Waals surface area contributed by atoms with Crippen molar-refractivity contribution in [2.45, 2.75) is 47.3 Å². The van der Waals surface area contributed by atoms with Crippen molar-refractivity contribution < 1.29 is 0 Å². The smallest absolute Gasteiger partial charge is 0.179 e. The van der Waals surface area contributed by atoms with Crippen molar-refractivity contribution >= 4 is 46.2 Å². The Balaban J connectivity index is 1.45. The normalized spacial score (nSPS) is 24.1. The van der Waals surface area contributed by atoms with E-state index in [1.807, 2.05) is 24.4 Å². The summed E-state index contributed by atoms with van der Waals surface area (Å²) in [5.74, 6) is 1.21. The molecule has 27 heavy (non-hydrogen) atoms. The second-order valence-corrected chi connectivity index (χ2v) is 8.38. The lowest BCUT2D eigenvalue weighted by atomic mass is 9.97. The minimum atomic E-state index is 0.232. The summed E-state index contributed by atoms with van der Waals surface area (Å²) in [5.41, 5.74) is 13.4. The number of pyridine rings is 2. The van der Waals surface area contributed by atoms with Gasteiger partial charge in [-0.15, -0.1) is 0 Å². The van der Waals surface area contributed by atoms with Gasteiger partial charge in [0.25, 0.3) is 0 Å². The van der Waals surface area contributed by atoms with Crippen LogP contribution >= 0.6 is 23.4 Å². The van der Waals surface area contributed by atoms with E-state index in [1.165, 1.54) is 18.2 Å². The Labute approximate surface area is 165 Å². The van der Waals surface area contributed by atoms with Crippen LogP contribution in [0.2, 0.25) is 5.02 Å². The Morgan fingerprint density at radius 1 is 1.15 bits per heavy atom. The van der Waals surface area contributed by atoms with Gasteiger partial charge in [0.1, 0.15) is 22.2 Å². The maximum atomic E-state index is 6.25. The zero-order valence-corrected chi connectivity index (χ0v) is 16.0. The third kappa shape index (κ3) is 2.88. The molecule has 0 aliphatic carbocycles. The van der Waals surface area contributed by atoms with Crippen LogP contribution in [0.25, 0.3) is 11.2 Å². The molecule has 7 nitrogen and oxygen atoms in total. The van der Waals surface area contributed by atoms with E-state index in [1.54, 1.807) is 6.20 Å². The largest absolute Gasteiger partial charge is 0.382 e. The van der Waals surface area contributed by atoms with Gasteiger partial charge in [0, 0.05) is 29.2 Å². The predicted molar refractivity (Wildman–Crippen MR) is 107 cm³/mol. The topological polar surface area (TPSA) is 107 Å². The standard InChI is InChI=1S/C18H18ClN7S/c19-16-13(5-6-22-17(16)21)27-15-4-2-11-18(25-15)23-8-14(24-11)26-9-1-3-12(26)10(20)7-9/h2,4-6,8-10,12H,1,3,7,20H2,(H2,21,22). The number of hydrogen-bond acceptors (Lipinski definition) is 8. The predicted octanol–water partition coefficient (Wildman–Crippen LogP) is 2.88. The minimum Gasteiger partial charge on any atom is -0.382 e. The number of nitrogens with two attached hydrogens (primary N) is 2. The summed E-state index contributed by atoms with van der Waals surface area (Å²) in [6, 6.07) is 6.77. The van der Waals surface area contributed by atoms with Gasteiger partial charge >= 0.3 is 0 Å². The lowest BCUT2D eigenvalue weighted by Crippen LogP contribution is -2.37. The van der Waals surface area contributed by atoms with Crippen molar-refractivity contribution in [2.24, 2.45) is 5.73 Å². The molecule has 0 spiro atoms. The van der Waals surface area contributed by atoms with Crippen molar-refractivity contribution in [1.29, 1.82) is 0 Å². The monoisotopic (exact) mass is 399 g/mol. The van der Waals surface area contributed by atoms with Crippen molar-refractivity contribution in [3.8, 4) is 0 Å². The highest BCUT2D eigenvalue weighted by atomic mass is 35.5. The number of hydrogen-bond donors (Lipinski definition) is 2. The number of anilines is 2. The van der Waals surface area contributed by atoms with Gasteiger partial charge in [0.2, 0.25) is 0 Å². The van der Waals surface area contributed by atoms with Crippen LogP contribution in [0.5, 0.6) is 0 Å². The maximum Gasteiger partial charge on any atom is 0.179 e. The van der Waals surface area contributed by atoms with Gasteiger partial charge in [-0.1, -0.05) is 23.4 Å². The molecule has 2 aliphatic rings. The highest BCUT2D eigenvalue weighted by molar-refractivity contribution is 7.99. The van der Waals surface area contributed by atoms with E-state index in [2.05, 4.69) is 19.9 Å². The van der Waals surface area contributed by atoms with Gasteiger partial charge in [-0.3, -0.25) is 0 Å². The molecule has 2 bridgehead atoms. The highest BCUT2D eigenvalue weighted by Gasteiger charge is 2.45. The molecule has 4 N–H and O–H groups in total. The molecule has 5 heterocycles. The average Bonchev–Trinajstić information content (AvgIpc) is 3.22. The van der Waals surface area contributed by atoms with E-state index in [4.69, 9.17) is 28.1 Å². The quantitative estimate of drug-likeness (QED) is 0.692. The molecule has 2 fully saturated rings. The Morgan fingerprint density at radius 3 is 2.81 bits per heavy atom. The molecule has 3 atom stereocenters. The fourth-order valence-electron chi connectivity index (χ4n) is 4.08. The number of nitrogens with zero attached hydrogens (tertiary/aromatic N) is 5. The molecular weight excluding hydrogens is 382 g/mol. The van der Waals surface area contributed by atoms with E-state index >= 15 is 0 Å². The third-order valence-electron chi connectivity index (χ3n) is 5.31. The number of halogens is 1. The van der Waals surface area contributed by atoms with Crippen LogP contribution in [0.15, 0.2) is 40.5 Å². The molecule has 0 saturated carbocycles. The Bertz CT molecular complexity index is 1030. The zero-order chi connectivity index (χ0) is 18.5. The van der Waals surface area contributed by atoms with Crippen molar-refractivity contribution in [3.05, 3.63) is 35.6 Å². The Kier molecular flexibility index (Phi) is 4.07. The summed E-state index contributed by atoms with van der Waals surface area (Å²) in [7, 11) is 0. The summed E-state index contributed by atoms with van der Waals surface area (Å²) in [5, 5.41) is 1.21. The van der Waals surface area contributed by atoms with Gasteiger partial charge < -0.3 is 16.4 Å². The first-order chi connectivity index (χ1) is 13.1. The van der Waals surface area contributed by atoms with Gasteiger partial charge in [0.05, 0.1) is 11.2 Å². The first-order valence-corrected chi connectivity index (χ1v) is 10.0. The highest BCUT2D eigenvalue weighted by Crippen LogP contribution is 2.40. The lowest BCUT2D eigenvalue weighted by Gasteiger charge is -2.23. The summed E-state index contributed by atoms with van der Waals surface area (Å²) < 4.78 is 0. The first-order valence-electron chi connectivity index (χ1n) is 8.85. The van der Waals surface area contributed by atoms with Crippen LogP contribution in [0.3, 0.4) is 0 Å². The van der Waals surface area contributed by atoms with Crippen molar-refractivity contribution in [1.82, 2.24) is 19.9 Å². The van der Waals surface area contributed by atoms with Crippen LogP contribution in [-0.2, 0) is 0 Å². The van der Waals surface area contributed by atoms with E-state index in [-0.39, 0.29) is 6.04 Å². The van der Waals surface area contributed by atoms with Crippen LogP contribution in [0.1, 0.15) is 19.3 Å². The maximum absolute atomic E-state index is 6.25. The Morgan fingerprint density at radius 2 is 2.04 bits per heavy atom. The van der Waals surface area contributed by atoms with E-state index in [0.29, 0.717) is 28.6 Å². The van der Waals surface area contributed by atoms with Crippen LogP contribution in [-0.4, -0.2) is 38.1 Å². The number of aromatic nitrogens is 4. The van der Waals surface area contributed by atoms with Crippen LogP contribution in [0.4, 0.5) is 11.6 Å². The van der Waals surface area contributed by atoms with Gasteiger partial charge in [-0.25, -0.2) is 19.9 Å². The van der Waals surface area contributed by atoms with Crippen molar-refractivity contribution in [3.63, 3.8) is 0 Å². The molecule has 9 heteroatoms. The second-order valence-electron chi connectivity index (χ2n) is 6.94. The fourth-order valence-corrected chi connectivity index (χ4v) is 5.13. The summed E-state index contributed by atoms with van der Waals surface area (Å²) >= 11 is 7.65. The van der Waals surface area contributed by atoms with Gasteiger partial charge in [-0.05, 0) is 37.5 Å². The summed E-state index contributed by atoms with van der Waals surface area (Å²) in [6.07, 6.45) is 6.79. The van der Waals surface area contributed by atoms with Crippen LogP contribution in [0, 0.1) is 0 Å². The molecule has 3 unspecified atom stereocenters. The summed E-state index contributed by atoms with van der Waals surface area (Å²) in [6.45, 7) is 0. The molecule has 0 amide bonds. The lowest BCUT2D eigenvalue weighted by molar-refractivity contribution is 0.503. The van der Waals surface area contributed by atoms with E-state index < -0.39 is 0 Å². The molecule has 0 aromatic carbocycles. The fraction of sp³-hybridized carbons (Fsp3) is 0.333. The molecule has 138 valence electrons.